The van der Waals surface area contributed by atoms with Crippen molar-refractivity contribution in [1.29, 1.82) is 0 Å². The van der Waals surface area contributed by atoms with Crippen LogP contribution in [0, 0.1) is 5.92 Å². The van der Waals surface area contributed by atoms with Crippen LogP contribution in [0.3, 0.4) is 0 Å². The van der Waals surface area contributed by atoms with Gasteiger partial charge in [-0.2, -0.15) is 5.10 Å². The fourth-order valence-corrected chi connectivity index (χ4v) is 3.79. The first-order valence-corrected chi connectivity index (χ1v) is 7.11. The van der Waals surface area contributed by atoms with Gasteiger partial charge >= 0.3 is 5.97 Å². The molecule has 1 saturated carbocycles. The second-order valence-electron chi connectivity index (χ2n) is 5.90. The molecule has 3 rings (SSSR count). The van der Waals surface area contributed by atoms with Gasteiger partial charge in [-0.3, -0.25) is 14.4 Å². The number of hydrogen-bond acceptors (Lipinski definition) is 3. The number of carbonyl (C=O) groups is 1. The van der Waals surface area contributed by atoms with Crippen LogP contribution in [-0.2, 0) is 18.4 Å². The van der Waals surface area contributed by atoms with E-state index in [9.17, 15) is 9.90 Å². The molecule has 5 nitrogen and oxygen atoms in total. The summed E-state index contributed by atoms with van der Waals surface area (Å²) in [6.45, 7) is 0.714. The first kappa shape index (κ1) is 12.7. The van der Waals surface area contributed by atoms with E-state index in [0.29, 0.717) is 18.5 Å². The zero-order chi connectivity index (χ0) is 13.4. The van der Waals surface area contributed by atoms with Crippen molar-refractivity contribution in [2.75, 3.05) is 0 Å². The molecule has 2 aliphatic rings. The topological polar surface area (TPSA) is 58.4 Å². The van der Waals surface area contributed by atoms with E-state index in [4.69, 9.17) is 0 Å². The molecular formula is C14H21N3O2. The number of aliphatic carboxylic acids is 1. The van der Waals surface area contributed by atoms with E-state index < -0.39 is 5.97 Å². The normalized spacial score (nSPS) is 31.3. The minimum absolute atomic E-state index is 0.312. The molecule has 104 valence electrons. The Morgan fingerprint density at radius 2 is 2.26 bits per heavy atom. The maximum Gasteiger partial charge on any atom is 0.320 e. The number of aromatic nitrogens is 2. The average molecular weight is 263 g/mol. The monoisotopic (exact) mass is 263 g/mol. The molecule has 0 radical (unpaired) electrons. The molecule has 2 fully saturated rings. The van der Waals surface area contributed by atoms with E-state index in [1.54, 1.807) is 4.68 Å². The summed E-state index contributed by atoms with van der Waals surface area (Å²) >= 11 is 0. The summed E-state index contributed by atoms with van der Waals surface area (Å²) in [7, 11) is 1.89. The van der Waals surface area contributed by atoms with Crippen molar-refractivity contribution in [3.63, 3.8) is 0 Å². The van der Waals surface area contributed by atoms with Crippen LogP contribution >= 0.6 is 0 Å². The third-order valence-electron chi connectivity index (χ3n) is 4.63. The molecule has 0 spiro atoms. The van der Waals surface area contributed by atoms with Crippen LogP contribution in [-0.4, -0.2) is 37.8 Å². The lowest BCUT2D eigenvalue weighted by atomic mass is 9.85. The van der Waals surface area contributed by atoms with Gasteiger partial charge in [0, 0.05) is 31.4 Å². The molecule has 5 heteroatoms. The third-order valence-corrected chi connectivity index (χ3v) is 4.63. The van der Waals surface area contributed by atoms with Crippen molar-refractivity contribution in [3.05, 3.63) is 18.0 Å². The van der Waals surface area contributed by atoms with Gasteiger partial charge in [0.1, 0.15) is 6.04 Å². The summed E-state index contributed by atoms with van der Waals surface area (Å²) in [5.41, 5.74) is 1.11. The molecule has 0 bridgehead atoms. The highest BCUT2D eigenvalue weighted by Gasteiger charge is 2.44. The maximum atomic E-state index is 11.5. The summed E-state index contributed by atoms with van der Waals surface area (Å²) in [6.07, 6.45) is 9.47. The highest BCUT2D eigenvalue weighted by molar-refractivity contribution is 5.74. The minimum Gasteiger partial charge on any atom is -0.480 e. The van der Waals surface area contributed by atoms with Gasteiger partial charge < -0.3 is 5.11 Å². The van der Waals surface area contributed by atoms with Crippen LogP contribution in [0.4, 0.5) is 0 Å². The molecule has 2 heterocycles. The lowest BCUT2D eigenvalue weighted by Crippen LogP contribution is -2.41. The van der Waals surface area contributed by atoms with Gasteiger partial charge in [-0.1, -0.05) is 12.8 Å². The number of hydrogen-bond donors (Lipinski definition) is 1. The fourth-order valence-electron chi connectivity index (χ4n) is 3.79. The molecule has 0 amide bonds. The number of aryl methyl sites for hydroxylation is 1. The first-order valence-electron chi connectivity index (χ1n) is 7.11. The average Bonchev–Trinajstić information content (AvgIpc) is 2.95. The van der Waals surface area contributed by atoms with Crippen LogP contribution < -0.4 is 0 Å². The molecule has 0 unspecified atom stereocenters. The van der Waals surface area contributed by atoms with Gasteiger partial charge in [0.15, 0.2) is 0 Å². The van der Waals surface area contributed by atoms with Crippen molar-refractivity contribution in [1.82, 2.24) is 14.7 Å². The summed E-state index contributed by atoms with van der Waals surface area (Å²) in [4.78, 5) is 13.7. The standard InChI is InChI=1S/C14H21N3O2/c1-16-8-10(7-15-16)9-17-12-5-3-2-4-11(12)6-13(17)14(18)19/h7-8,11-13H,2-6,9H2,1H3,(H,18,19)/t11-,12-,13-/m0/s1. The zero-order valence-corrected chi connectivity index (χ0v) is 11.3. The lowest BCUT2D eigenvalue weighted by Gasteiger charge is -2.32. The third kappa shape index (κ3) is 2.39. The Labute approximate surface area is 113 Å². The quantitative estimate of drug-likeness (QED) is 0.900. The van der Waals surface area contributed by atoms with E-state index in [1.807, 2.05) is 19.4 Å². The zero-order valence-electron chi connectivity index (χ0n) is 11.3. The van der Waals surface area contributed by atoms with Crippen LogP contribution in [0.15, 0.2) is 12.4 Å². The molecule has 1 aromatic rings. The highest BCUT2D eigenvalue weighted by atomic mass is 16.4. The van der Waals surface area contributed by atoms with Crippen molar-refractivity contribution in [3.8, 4) is 0 Å². The Hall–Kier alpha value is -1.36. The number of rotatable bonds is 3. The van der Waals surface area contributed by atoms with E-state index >= 15 is 0 Å². The van der Waals surface area contributed by atoms with Gasteiger partial charge in [-0.05, 0) is 25.2 Å². The number of carboxylic acid groups (broad SMARTS) is 1. The SMILES string of the molecule is Cn1cc(CN2[C@H](C(=O)O)C[C@@H]3CCCC[C@@H]32)cn1. The van der Waals surface area contributed by atoms with Crippen LogP contribution in [0.25, 0.3) is 0 Å². The molecular weight excluding hydrogens is 242 g/mol. The van der Waals surface area contributed by atoms with E-state index in [0.717, 1.165) is 18.4 Å². The van der Waals surface area contributed by atoms with Gasteiger partial charge in [0.25, 0.3) is 0 Å². The van der Waals surface area contributed by atoms with Crippen LogP contribution in [0.1, 0.15) is 37.7 Å². The summed E-state index contributed by atoms with van der Waals surface area (Å²) in [5, 5.41) is 13.6. The van der Waals surface area contributed by atoms with Crippen molar-refractivity contribution >= 4 is 5.97 Å². The molecule has 1 aromatic heterocycles. The maximum absolute atomic E-state index is 11.5. The molecule has 19 heavy (non-hydrogen) atoms. The predicted octanol–water partition coefficient (Wildman–Crippen LogP) is 1.64. The molecule has 1 saturated heterocycles. The lowest BCUT2D eigenvalue weighted by molar-refractivity contribution is -0.142. The molecule has 1 aliphatic heterocycles. The Balaban J connectivity index is 1.80. The van der Waals surface area contributed by atoms with Crippen molar-refractivity contribution < 1.29 is 9.90 Å². The summed E-state index contributed by atoms with van der Waals surface area (Å²) < 4.78 is 1.78. The predicted molar refractivity (Wildman–Crippen MR) is 70.5 cm³/mol. The Morgan fingerprint density at radius 1 is 1.47 bits per heavy atom. The number of nitrogens with zero attached hydrogens (tertiary/aromatic N) is 3. The number of likely N-dealkylation sites (tertiary alicyclic amines) is 1. The minimum atomic E-state index is -0.668. The van der Waals surface area contributed by atoms with Gasteiger partial charge in [-0.25, -0.2) is 0 Å². The second kappa shape index (κ2) is 4.96. The molecule has 1 N–H and O–H groups in total. The van der Waals surface area contributed by atoms with E-state index in [2.05, 4.69) is 10.00 Å². The first-order chi connectivity index (χ1) is 9.15. The number of fused-ring (bicyclic) bond motifs is 1. The highest BCUT2D eigenvalue weighted by Crippen LogP contribution is 2.40. The van der Waals surface area contributed by atoms with E-state index in [1.165, 1.54) is 19.3 Å². The van der Waals surface area contributed by atoms with Crippen molar-refractivity contribution in [2.24, 2.45) is 13.0 Å². The van der Waals surface area contributed by atoms with Crippen LogP contribution in [0.2, 0.25) is 0 Å². The number of carboxylic acids is 1. The smallest absolute Gasteiger partial charge is 0.320 e. The molecule has 0 aromatic carbocycles. The largest absolute Gasteiger partial charge is 0.480 e. The van der Waals surface area contributed by atoms with Crippen molar-refractivity contribution in [2.45, 2.75) is 50.7 Å². The Kier molecular flexibility index (Phi) is 3.31. The van der Waals surface area contributed by atoms with E-state index in [-0.39, 0.29) is 6.04 Å². The van der Waals surface area contributed by atoms with Gasteiger partial charge in [0.2, 0.25) is 0 Å². The van der Waals surface area contributed by atoms with Gasteiger partial charge in [0.05, 0.1) is 6.20 Å². The fraction of sp³-hybridized carbons (Fsp3) is 0.714. The Bertz CT molecular complexity index is 471. The van der Waals surface area contributed by atoms with Gasteiger partial charge in [-0.15, -0.1) is 0 Å². The molecule has 3 atom stereocenters. The Morgan fingerprint density at radius 3 is 2.95 bits per heavy atom. The molecule has 1 aliphatic carbocycles. The van der Waals surface area contributed by atoms with Crippen LogP contribution in [0.5, 0.6) is 0 Å². The second-order valence-corrected chi connectivity index (χ2v) is 5.90. The summed E-state index contributed by atoms with van der Waals surface area (Å²) in [5.74, 6) is -0.0928. The summed E-state index contributed by atoms with van der Waals surface area (Å²) in [6, 6.07) is 0.142.